The minimum absolute atomic E-state index is 0.0910. The van der Waals surface area contributed by atoms with E-state index in [0.717, 1.165) is 18.9 Å². The van der Waals surface area contributed by atoms with Crippen molar-refractivity contribution in [2.75, 3.05) is 39.3 Å². The van der Waals surface area contributed by atoms with Gasteiger partial charge in [-0.15, -0.1) is 0 Å². The molecule has 0 radical (unpaired) electrons. The van der Waals surface area contributed by atoms with Crippen LogP contribution in [-0.2, 0) is 0 Å². The van der Waals surface area contributed by atoms with Gasteiger partial charge < -0.3 is 15.7 Å². The summed E-state index contributed by atoms with van der Waals surface area (Å²) in [7, 11) is 0. The molecule has 0 amide bonds. The van der Waals surface area contributed by atoms with E-state index in [0.29, 0.717) is 0 Å². The van der Waals surface area contributed by atoms with Gasteiger partial charge in [-0.3, -0.25) is 4.90 Å². The monoisotopic (exact) mass is 269 g/mol. The van der Waals surface area contributed by atoms with E-state index in [1.165, 1.54) is 58.4 Å². The van der Waals surface area contributed by atoms with Gasteiger partial charge in [0.2, 0.25) is 0 Å². The van der Waals surface area contributed by atoms with Gasteiger partial charge >= 0.3 is 0 Å². The Kier molecular flexibility index (Phi) is 5.63. The summed E-state index contributed by atoms with van der Waals surface area (Å²) in [4.78, 5) is 5.32. The number of hydrogen-bond donors (Lipinski definition) is 2. The van der Waals surface area contributed by atoms with Crippen molar-refractivity contribution < 1.29 is 5.11 Å². The molecule has 0 bridgehead atoms. The molecule has 112 valence electrons. The lowest BCUT2D eigenvalue weighted by atomic mass is 9.97. The Morgan fingerprint density at radius 2 is 2.00 bits per heavy atom. The van der Waals surface area contributed by atoms with Gasteiger partial charge in [0.15, 0.2) is 0 Å². The lowest BCUT2D eigenvalue weighted by Gasteiger charge is -2.26. The number of aliphatic hydroxyl groups excluding tert-OH is 1. The van der Waals surface area contributed by atoms with Gasteiger partial charge in [-0.05, 0) is 65.2 Å². The quantitative estimate of drug-likeness (QED) is 0.707. The van der Waals surface area contributed by atoms with Crippen molar-refractivity contribution in [3.05, 3.63) is 0 Å². The molecule has 4 nitrogen and oxygen atoms in total. The van der Waals surface area contributed by atoms with Crippen LogP contribution in [-0.4, -0.2) is 65.8 Å². The Hall–Kier alpha value is -0.160. The molecule has 2 aliphatic heterocycles. The van der Waals surface area contributed by atoms with Crippen molar-refractivity contribution in [2.24, 2.45) is 5.73 Å². The SMILES string of the molecule is CC(N)(CO)CCCCN1CCCN2CCCC2C1. The summed E-state index contributed by atoms with van der Waals surface area (Å²) in [5, 5.41) is 9.14. The zero-order valence-electron chi connectivity index (χ0n) is 12.5. The van der Waals surface area contributed by atoms with Crippen molar-refractivity contribution >= 4 is 0 Å². The van der Waals surface area contributed by atoms with Crippen LogP contribution in [0.4, 0.5) is 0 Å². The van der Waals surface area contributed by atoms with Crippen LogP contribution in [0.25, 0.3) is 0 Å². The van der Waals surface area contributed by atoms with Crippen molar-refractivity contribution in [3.8, 4) is 0 Å². The van der Waals surface area contributed by atoms with E-state index < -0.39 is 0 Å². The molecule has 0 aliphatic carbocycles. The molecule has 2 aliphatic rings. The van der Waals surface area contributed by atoms with Gasteiger partial charge in [0.25, 0.3) is 0 Å². The molecule has 4 heteroatoms. The second kappa shape index (κ2) is 7.02. The van der Waals surface area contributed by atoms with E-state index in [1.807, 2.05) is 6.92 Å². The molecular formula is C15H31N3O. The Morgan fingerprint density at radius 1 is 1.21 bits per heavy atom. The molecule has 2 rings (SSSR count). The van der Waals surface area contributed by atoms with Crippen LogP contribution in [0.3, 0.4) is 0 Å². The average molecular weight is 269 g/mol. The van der Waals surface area contributed by atoms with E-state index in [4.69, 9.17) is 10.8 Å². The maximum absolute atomic E-state index is 9.14. The second-order valence-corrected chi connectivity index (χ2v) is 6.76. The lowest BCUT2D eigenvalue weighted by Crippen LogP contribution is -2.40. The van der Waals surface area contributed by atoms with Crippen LogP contribution in [0.2, 0.25) is 0 Å². The topological polar surface area (TPSA) is 52.7 Å². The smallest absolute Gasteiger partial charge is 0.0608 e. The summed E-state index contributed by atoms with van der Waals surface area (Å²) in [6, 6.07) is 0.819. The molecule has 0 aromatic rings. The summed E-state index contributed by atoms with van der Waals surface area (Å²) < 4.78 is 0. The van der Waals surface area contributed by atoms with Crippen LogP contribution in [0.1, 0.15) is 45.4 Å². The molecule has 2 heterocycles. The number of hydrogen-bond acceptors (Lipinski definition) is 4. The summed E-state index contributed by atoms with van der Waals surface area (Å²) in [5.41, 5.74) is 5.57. The van der Waals surface area contributed by atoms with E-state index in [1.54, 1.807) is 0 Å². The van der Waals surface area contributed by atoms with E-state index in [9.17, 15) is 0 Å². The molecule has 0 spiro atoms. The van der Waals surface area contributed by atoms with Crippen LogP contribution in [0, 0.1) is 0 Å². The molecular weight excluding hydrogens is 238 g/mol. The summed E-state index contributed by atoms with van der Waals surface area (Å²) in [6.45, 7) is 8.37. The number of nitrogens with zero attached hydrogens (tertiary/aromatic N) is 2. The Morgan fingerprint density at radius 3 is 2.79 bits per heavy atom. The average Bonchev–Trinajstić information content (AvgIpc) is 2.73. The normalized spacial score (nSPS) is 28.9. The predicted octanol–water partition coefficient (Wildman–Crippen LogP) is 1.04. The largest absolute Gasteiger partial charge is 0.394 e. The van der Waals surface area contributed by atoms with Crippen LogP contribution in [0.15, 0.2) is 0 Å². The molecule has 0 saturated carbocycles. The maximum atomic E-state index is 9.14. The van der Waals surface area contributed by atoms with Gasteiger partial charge in [0.1, 0.15) is 0 Å². The van der Waals surface area contributed by atoms with Crippen LogP contribution < -0.4 is 5.73 Å². The van der Waals surface area contributed by atoms with Gasteiger partial charge in [-0.1, -0.05) is 6.42 Å². The van der Waals surface area contributed by atoms with E-state index >= 15 is 0 Å². The Bertz CT molecular complexity index is 270. The number of rotatable bonds is 6. The van der Waals surface area contributed by atoms with Crippen molar-refractivity contribution in [3.63, 3.8) is 0 Å². The van der Waals surface area contributed by atoms with Crippen LogP contribution in [0.5, 0.6) is 0 Å². The van der Waals surface area contributed by atoms with E-state index in [2.05, 4.69) is 9.80 Å². The van der Waals surface area contributed by atoms with Gasteiger partial charge in [-0.25, -0.2) is 0 Å². The standard InChI is InChI=1S/C15H31N3O/c1-15(16,13-19)7-2-3-8-17-9-5-11-18-10-4-6-14(18)12-17/h14,19H,2-13,16H2,1H3. The molecule has 2 saturated heterocycles. The number of unbranched alkanes of at least 4 members (excludes halogenated alkanes) is 1. The summed E-state index contributed by atoms with van der Waals surface area (Å²) in [5.74, 6) is 0. The molecule has 0 aromatic carbocycles. The van der Waals surface area contributed by atoms with Gasteiger partial charge in [0, 0.05) is 18.1 Å². The molecule has 19 heavy (non-hydrogen) atoms. The van der Waals surface area contributed by atoms with Crippen molar-refractivity contribution in [1.29, 1.82) is 0 Å². The van der Waals surface area contributed by atoms with Crippen molar-refractivity contribution in [1.82, 2.24) is 9.80 Å². The van der Waals surface area contributed by atoms with Gasteiger partial charge in [-0.2, -0.15) is 0 Å². The third kappa shape index (κ3) is 4.71. The first-order valence-electron chi connectivity index (χ1n) is 7.97. The minimum Gasteiger partial charge on any atom is -0.394 e. The van der Waals surface area contributed by atoms with Crippen LogP contribution >= 0.6 is 0 Å². The minimum atomic E-state index is -0.388. The third-order valence-corrected chi connectivity index (χ3v) is 4.72. The molecule has 3 N–H and O–H groups in total. The maximum Gasteiger partial charge on any atom is 0.0608 e. The number of nitrogens with two attached hydrogens (primary N) is 1. The lowest BCUT2D eigenvalue weighted by molar-refractivity contribution is 0.190. The first-order chi connectivity index (χ1) is 9.11. The molecule has 2 unspecified atom stereocenters. The summed E-state index contributed by atoms with van der Waals surface area (Å²) >= 11 is 0. The van der Waals surface area contributed by atoms with Gasteiger partial charge in [0.05, 0.1) is 6.61 Å². The highest BCUT2D eigenvalue weighted by atomic mass is 16.3. The second-order valence-electron chi connectivity index (χ2n) is 6.76. The highest BCUT2D eigenvalue weighted by molar-refractivity contribution is 4.85. The molecule has 0 aromatic heterocycles. The fourth-order valence-corrected chi connectivity index (χ4v) is 3.43. The Labute approximate surface area is 117 Å². The zero-order chi connectivity index (χ0) is 13.7. The zero-order valence-corrected chi connectivity index (χ0v) is 12.5. The highest BCUT2D eigenvalue weighted by Crippen LogP contribution is 2.21. The predicted molar refractivity (Wildman–Crippen MR) is 79.2 cm³/mol. The highest BCUT2D eigenvalue weighted by Gasteiger charge is 2.28. The Balaban J connectivity index is 1.65. The fraction of sp³-hybridized carbons (Fsp3) is 1.00. The first-order valence-corrected chi connectivity index (χ1v) is 7.97. The van der Waals surface area contributed by atoms with E-state index in [-0.39, 0.29) is 12.1 Å². The molecule has 2 fully saturated rings. The third-order valence-electron chi connectivity index (χ3n) is 4.72. The first kappa shape index (κ1) is 15.2. The van der Waals surface area contributed by atoms with Crippen molar-refractivity contribution in [2.45, 2.75) is 57.0 Å². The number of fused-ring (bicyclic) bond motifs is 1. The number of aliphatic hydroxyl groups is 1. The summed E-state index contributed by atoms with van der Waals surface area (Å²) in [6.07, 6.45) is 7.36. The fourth-order valence-electron chi connectivity index (χ4n) is 3.43. The molecule has 2 atom stereocenters.